The molecule has 0 heterocycles. The van der Waals surface area contributed by atoms with Gasteiger partial charge in [-0.05, 0) is 43.2 Å². The molecule has 10 heteroatoms. The SMILES string of the molecule is COCCCCCCCS(=O)(=O)c1ccc(C(=NO)c2cc(C(=O)OC)ccc2C(N)=O)cc1. The lowest BCUT2D eigenvalue weighted by molar-refractivity contribution is 0.0600. The summed E-state index contributed by atoms with van der Waals surface area (Å²) in [5.41, 5.74) is 6.01. The summed E-state index contributed by atoms with van der Waals surface area (Å²) in [5.74, 6) is -1.39. The van der Waals surface area contributed by atoms with Crippen molar-refractivity contribution in [2.45, 2.75) is 37.0 Å². The summed E-state index contributed by atoms with van der Waals surface area (Å²) in [6.45, 7) is 0.706. The van der Waals surface area contributed by atoms with Crippen molar-refractivity contribution in [2.24, 2.45) is 10.9 Å². The Hall–Kier alpha value is -3.24. The lowest BCUT2D eigenvalue weighted by Gasteiger charge is -2.12. The molecule has 184 valence electrons. The molecule has 0 aromatic heterocycles. The third-order valence-corrected chi connectivity index (χ3v) is 7.13. The molecule has 0 fully saturated rings. The predicted octanol–water partition coefficient (Wildman–Crippen LogP) is 3.17. The Labute approximate surface area is 199 Å². The lowest BCUT2D eigenvalue weighted by Crippen LogP contribution is -2.18. The molecule has 0 aliphatic heterocycles. The first-order valence-electron chi connectivity index (χ1n) is 10.8. The third kappa shape index (κ3) is 7.13. The van der Waals surface area contributed by atoms with E-state index in [0.29, 0.717) is 18.6 Å². The molecule has 0 saturated carbocycles. The second-order valence-corrected chi connectivity index (χ2v) is 9.78. The van der Waals surface area contributed by atoms with Gasteiger partial charge in [-0.25, -0.2) is 13.2 Å². The zero-order valence-corrected chi connectivity index (χ0v) is 20.1. The van der Waals surface area contributed by atoms with Crippen LogP contribution in [0.25, 0.3) is 0 Å². The van der Waals surface area contributed by atoms with Crippen LogP contribution in [0.15, 0.2) is 52.5 Å². The fourth-order valence-electron chi connectivity index (χ4n) is 3.47. The molecule has 0 aliphatic rings. The molecule has 3 N–H and O–H groups in total. The first kappa shape index (κ1) is 27.0. The number of amides is 1. The molecule has 0 spiro atoms. The Morgan fingerprint density at radius 3 is 2.12 bits per heavy atom. The zero-order valence-electron chi connectivity index (χ0n) is 19.3. The van der Waals surface area contributed by atoms with E-state index in [0.717, 1.165) is 25.7 Å². The van der Waals surface area contributed by atoms with Crippen LogP contribution in [-0.4, -0.2) is 57.8 Å². The van der Waals surface area contributed by atoms with Gasteiger partial charge in [0.1, 0.15) is 5.71 Å². The van der Waals surface area contributed by atoms with Crippen LogP contribution in [0, 0.1) is 0 Å². The second kappa shape index (κ2) is 12.9. The number of hydrogen-bond acceptors (Lipinski definition) is 8. The first-order valence-corrected chi connectivity index (χ1v) is 12.5. The van der Waals surface area contributed by atoms with Gasteiger partial charge < -0.3 is 20.4 Å². The molecule has 2 rings (SSSR count). The van der Waals surface area contributed by atoms with Crippen LogP contribution in [0.4, 0.5) is 0 Å². The van der Waals surface area contributed by atoms with Gasteiger partial charge in [0, 0.05) is 30.4 Å². The smallest absolute Gasteiger partial charge is 0.337 e. The van der Waals surface area contributed by atoms with Gasteiger partial charge in [-0.2, -0.15) is 0 Å². The minimum Gasteiger partial charge on any atom is -0.465 e. The molecule has 0 unspecified atom stereocenters. The van der Waals surface area contributed by atoms with Crippen molar-refractivity contribution < 1.29 is 32.7 Å². The van der Waals surface area contributed by atoms with Gasteiger partial charge in [-0.3, -0.25) is 4.79 Å². The van der Waals surface area contributed by atoms with Crippen molar-refractivity contribution >= 4 is 27.4 Å². The Morgan fingerprint density at radius 2 is 1.53 bits per heavy atom. The highest BCUT2D eigenvalue weighted by Gasteiger charge is 2.20. The molecule has 0 bridgehead atoms. The Morgan fingerprint density at radius 1 is 0.912 bits per heavy atom. The quantitative estimate of drug-likeness (QED) is 0.144. The molecule has 1 amide bonds. The number of oxime groups is 1. The van der Waals surface area contributed by atoms with Crippen LogP contribution in [0.1, 0.15) is 63.9 Å². The van der Waals surface area contributed by atoms with Crippen molar-refractivity contribution in [3.8, 4) is 0 Å². The summed E-state index contributed by atoms with van der Waals surface area (Å²) >= 11 is 0. The number of hydrogen-bond donors (Lipinski definition) is 2. The van der Waals surface area contributed by atoms with E-state index in [9.17, 15) is 23.2 Å². The monoisotopic (exact) mass is 490 g/mol. The van der Waals surface area contributed by atoms with Gasteiger partial charge in [0.25, 0.3) is 0 Å². The van der Waals surface area contributed by atoms with Crippen molar-refractivity contribution in [1.82, 2.24) is 0 Å². The van der Waals surface area contributed by atoms with Crippen molar-refractivity contribution in [2.75, 3.05) is 26.6 Å². The van der Waals surface area contributed by atoms with E-state index < -0.39 is 21.7 Å². The fraction of sp³-hybridized carbons (Fsp3) is 0.375. The summed E-state index contributed by atoms with van der Waals surface area (Å²) < 4.78 is 35.0. The highest BCUT2D eigenvalue weighted by Crippen LogP contribution is 2.21. The minimum atomic E-state index is -3.48. The van der Waals surface area contributed by atoms with E-state index in [2.05, 4.69) is 5.16 Å². The van der Waals surface area contributed by atoms with E-state index in [1.165, 1.54) is 49.6 Å². The van der Waals surface area contributed by atoms with Crippen LogP contribution < -0.4 is 5.73 Å². The summed E-state index contributed by atoms with van der Waals surface area (Å²) in [7, 11) is -0.607. The number of esters is 1. The molecule has 0 saturated heterocycles. The van der Waals surface area contributed by atoms with E-state index in [1.54, 1.807) is 7.11 Å². The number of nitrogens with two attached hydrogens (primary N) is 1. The Bertz CT molecular complexity index is 1130. The Balaban J connectivity index is 2.21. The molecule has 0 radical (unpaired) electrons. The van der Waals surface area contributed by atoms with E-state index in [1.807, 2.05) is 0 Å². The molecule has 2 aromatic carbocycles. The predicted molar refractivity (Wildman–Crippen MR) is 127 cm³/mol. The average Bonchev–Trinajstić information content (AvgIpc) is 2.83. The summed E-state index contributed by atoms with van der Waals surface area (Å²) in [5, 5.41) is 12.9. The zero-order chi connectivity index (χ0) is 25.1. The largest absolute Gasteiger partial charge is 0.465 e. The number of rotatable bonds is 13. The highest BCUT2D eigenvalue weighted by molar-refractivity contribution is 7.91. The average molecular weight is 491 g/mol. The van der Waals surface area contributed by atoms with Crippen molar-refractivity contribution in [3.05, 3.63) is 64.7 Å². The molecule has 2 aromatic rings. The number of carbonyl (C=O) groups is 2. The number of methoxy groups -OCH3 is 2. The highest BCUT2D eigenvalue weighted by atomic mass is 32.2. The van der Waals surface area contributed by atoms with Gasteiger partial charge in [0.15, 0.2) is 9.84 Å². The number of benzene rings is 2. The second-order valence-electron chi connectivity index (χ2n) is 7.67. The van der Waals surface area contributed by atoms with Crippen LogP contribution in [0.3, 0.4) is 0 Å². The standard InChI is InChI=1S/C24H30N2O7S/c1-32-14-6-4-3-5-7-15-34(30,31)19-11-8-17(9-12-19)22(26-29)21-16-18(24(28)33-2)10-13-20(21)23(25)27/h8-13,16,29H,3-7,14-15H2,1-2H3,(H2,25,27). The summed E-state index contributed by atoms with van der Waals surface area (Å²) in [4.78, 5) is 23.9. The fourth-order valence-corrected chi connectivity index (χ4v) is 4.84. The van der Waals surface area contributed by atoms with E-state index >= 15 is 0 Å². The molecular weight excluding hydrogens is 460 g/mol. The van der Waals surface area contributed by atoms with Crippen LogP contribution in [0.2, 0.25) is 0 Å². The van der Waals surface area contributed by atoms with Crippen LogP contribution in [0.5, 0.6) is 0 Å². The number of carbonyl (C=O) groups excluding carboxylic acids is 2. The van der Waals surface area contributed by atoms with Gasteiger partial charge in [0.05, 0.1) is 23.3 Å². The van der Waals surface area contributed by atoms with Gasteiger partial charge in [-0.15, -0.1) is 0 Å². The van der Waals surface area contributed by atoms with Crippen molar-refractivity contribution in [3.63, 3.8) is 0 Å². The molecule has 9 nitrogen and oxygen atoms in total. The van der Waals surface area contributed by atoms with E-state index in [4.69, 9.17) is 15.2 Å². The van der Waals surface area contributed by atoms with Crippen molar-refractivity contribution in [1.29, 1.82) is 0 Å². The minimum absolute atomic E-state index is 0.0302. The number of primary amides is 1. The normalized spacial score (nSPS) is 11.9. The molecule has 34 heavy (non-hydrogen) atoms. The topological polar surface area (TPSA) is 145 Å². The number of sulfone groups is 1. The molecule has 0 atom stereocenters. The first-order chi connectivity index (χ1) is 16.2. The summed E-state index contributed by atoms with van der Waals surface area (Å²) in [6.07, 6.45) is 4.27. The van der Waals surface area contributed by atoms with E-state index in [-0.39, 0.29) is 33.1 Å². The maximum atomic E-state index is 12.7. The number of ether oxygens (including phenoxy) is 2. The Kier molecular flexibility index (Phi) is 10.2. The number of nitrogens with zero attached hydrogens (tertiary/aromatic N) is 1. The maximum absolute atomic E-state index is 12.7. The molecule has 0 aliphatic carbocycles. The van der Waals surface area contributed by atoms with Crippen LogP contribution in [-0.2, 0) is 19.3 Å². The van der Waals surface area contributed by atoms with Gasteiger partial charge in [0.2, 0.25) is 5.91 Å². The summed E-state index contributed by atoms with van der Waals surface area (Å²) in [6, 6.07) is 9.83. The molecular formula is C24H30N2O7S. The lowest BCUT2D eigenvalue weighted by atomic mass is 9.95. The number of unbranched alkanes of at least 4 members (excludes halogenated alkanes) is 4. The third-order valence-electron chi connectivity index (χ3n) is 5.31. The van der Waals surface area contributed by atoms with Gasteiger partial charge >= 0.3 is 5.97 Å². The maximum Gasteiger partial charge on any atom is 0.337 e. The van der Waals surface area contributed by atoms with Gasteiger partial charge in [-0.1, -0.05) is 36.6 Å². The van der Waals surface area contributed by atoms with Crippen LogP contribution >= 0.6 is 0 Å².